The Labute approximate surface area is 110 Å². The van der Waals surface area contributed by atoms with Crippen LogP contribution in [0.3, 0.4) is 0 Å². The summed E-state index contributed by atoms with van der Waals surface area (Å²) >= 11 is 1.62. The first-order chi connectivity index (χ1) is 8.74. The fraction of sp³-hybridized carbons (Fsp3) is 0.214. The molecule has 92 valence electrons. The first-order valence-corrected chi connectivity index (χ1v) is 6.72. The molecule has 0 amide bonds. The number of nitrogens with zero attached hydrogens (tertiary/aromatic N) is 2. The number of aliphatic hydroxyl groups excluding tert-OH is 1. The van der Waals surface area contributed by atoms with Crippen LogP contribution in [-0.2, 0) is 13.2 Å². The van der Waals surface area contributed by atoms with E-state index in [1.54, 1.807) is 11.3 Å². The molecule has 3 rings (SSSR count). The number of imidazole rings is 1. The summed E-state index contributed by atoms with van der Waals surface area (Å²) in [5.41, 5.74) is 2.59. The van der Waals surface area contributed by atoms with E-state index in [4.69, 9.17) is 5.11 Å². The van der Waals surface area contributed by atoms with E-state index in [0.29, 0.717) is 0 Å². The van der Waals surface area contributed by atoms with E-state index in [0.717, 1.165) is 16.3 Å². The standard InChI is InChI=1S/C14H15N2OS/c1-11-3-2-4-12(5-11)6-15-8-14-16(10-15)7-13(9-17)18-14/h2-5,7-8,10,17H,6,9H2,1H3/q+1. The van der Waals surface area contributed by atoms with Gasteiger partial charge in [0.05, 0.1) is 11.5 Å². The molecular weight excluding hydrogens is 244 g/mol. The summed E-state index contributed by atoms with van der Waals surface area (Å²) in [5, 5.41) is 9.08. The van der Waals surface area contributed by atoms with Gasteiger partial charge in [0.25, 0.3) is 0 Å². The van der Waals surface area contributed by atoms with Gasteiger partial charge in [-0.2, -0.15) is 4.40 Å². The molecule has 0 spiro atoms. The predicted octanol–water partition coefficient (Wildman–Crippen LogP) is 2.14. The number of aryl methyl sites for hydroxylation is 1. The van der Waals surface area contributed by atoms with E-state index in [1.165, 1.54) is 11.1 Å². The number of rotatable bonds is 3. The highest BCUT2D eigenvalue weighted by Gasteiger charge is 2.11. The van der Waals surface area contributed by atoms with Crippen molar-refractivity contribution in [1.82, 2.24) is 4.40 Å². The Balaban J connectivity index is 1.88. The molecule has 0 saturated heterocycles. The molecule has 3 aromatic rings. The second kappa shape index (κ2) is 4.55. The molecule has 1 aromatic carbocycles. The number of benzene rings is 1. The monoisotopic (exact) mass is 259 g/mol. The summed E-state index contributed by atoms with van der Waals surface area (Å²) in [6.45, 7) is 3.11. The summed E-state index contributed by atoms with van der Waals surface area (Å²) in [7, 11) is 0. The van der Waals surface area contributed by atoms with Crippen LogP contribution in [0.5, 0.6) is 0 Å². The lowest BCUT2D eigenvalue weighted by Gasteiger charge is -1.98. The van der Waals surface area contributed by atoms with Gasteiger partial charge in [0.2, 0.25) is 11.2 Å². The Kier molecular flexibility index (Phi) is 2.89. The molecule has 0 aliphatic rings. The molecule has 2 heterocycles. The third kappa shape index (κ3) is 2.17. The number of fused-ring (bicyclic) bond motifs is 1. The fourth-order valence-electron chi connectivity index (χ4n) is 2.13. The Morgan fingerprint density at radius 1 is 1.39 bits per heavy atom. The third-order valence-electron chi connectivity index (χ3n) is 2.93. The SMILES string of the molecule is Cc1cccc(C[n+]2cc3sc(CO)cn3c2)c1. The molecule has 0 aliphatic heterocycles. The molecule has 0 aliphatic carbocycles. The minimum atomic E-state index is 0.115. The smallest absolute Gasteiger partial charge is 0.249 e. The quantitative estimate of drug-likeness (QED) is 0.717. The molecule has 2 aromatic heterocycles. The molecular formula is C14H15N2OS+. The molecule has 0 atom stereocenters. The van der Waals surface area contributed by atoms with Gasteiger partial charge < -0.3 is 5.11 Å². The third-order valence-corrected chi connectivity index (χ3v) is 3.95. The van der Waals surface area contributed by atoms with E-state index >= 15 is 0 Å². The highest BCUT2D eigenvalue weighted by Crippen LogP contribution is 2.16. The van der Waals surface area contributed by atoms with Gasteiger partial charge in [-0.1, -0.05) is 41.2 Å². The van der Waals surface area contributed by atoms with E-state index in [2.05, 4.69) is 52.7 Å². The van der Waals surface area contributed by atoms with E-state index in [-0.39, 0.29) is 6.61 Å². The normalized spacial score (nSPS) is 11.2. The van der Waals surface area contributed by atoms with Crippen LogP contribution in [0.2, 0.25) is 0 Å². The number of hydrogen-bond acceptors (Lipinski definition) is 2. The Morgan fingerprint density at radius 2 is 2.28 bits per heavy atom. The van der Waals surface area contributed by atoms with Crippen LogP contribution in [0.4, 0.5) is 0 Å². The molecule has 4 heteroatoms. The molecule has 0 fully saturated rings. The highest BCUT2D eigenvalue weighted by atomic mass is 32.1. The van der Waals surface area contributed by atoms with Gasteiger partial charge in [-0.05, 0) is 12.5 Å². The number of aliphatic hydroxyl groups is 1. The van der Waals surface area contributed by atoms with Crippen molar-refractivity contribution in [3.05, 3.63) is 59.0 Å². The molecule has 0 bridgehead atoms. The maximum Gasteiger partial charge on any atom is 0.249 e. The lowest BCUT2D eigenvalue weighted by atomic mass is 10.1. The van der Waals surface area contributed by atoms with Crippen LogP contribution in [0.15, 0.2) is 43.0 Å². The first kappa shape index (κ1) is 11.4. The first-order valence-electron chi connectivity index (χ1n) is 5.90. The molecule has 18 heavy (non-hydrogen) atoms. The van der Waals surface area contributed by atoms with Gasteiger partial charge in [0, 0.05) is 0 Å². The van der Waals surface area contributed by atoms with Crippen molar-refractivity contribution in [2.45, 2.75) is 20.1 Å². The highest BCUT2D eigenvalue weighted by molar-refractivity contribution is 7.17. The molecule has 0 saturated carbocycles. The Bertz CT molecular complexity index is 652. The zero-order valence-corrected chi connectivity index (χ0v) is 11.0. The maximum absolute atomic E-state index is 9.08. The van der Waals surface area contributed by atoms with E-state index in [9.17, 15) is 0 Å². The van der Waals surface area contributed by atoms with Crippen molar-refractivity contribution < 1.29 is 9.67 Å². The number of thiazole rings is 1. The zero-order valence-electron chi connectivity index (χ0n) is 10.2. The van der Waals surface area contributed by atoms with Gasteiger partial charge in [0.15, 0.2) is 0 Å². The van der Waals surface area contributed by atoms with Crippen molar-refractivity contribution in [3.8, 4) is 0 Å². The summed E-state index contributed by atoms with van der Waals surface area (Å²) < 4.78 is 4.23. The van der Waals surface area contributed by atoms with Gasteiger partial charge in [-0.15, -0.1) is 0 Å². The largest absolute Gasteiger partial charge is 0.391 e. The van der Waals surface area contributed by atoms with Crippen LogP contribution < -0.4 is 4.57 Å². The van der Waals surface area contributed by atoms with Gasteiger partial charge in [0.1, 0.15) is 18.9 Å². The van der Waals surface area contributed by atoms with Gasteiger partial charge in [-0.3, -0.25) is 0 Å². The van der Waals surface area contributed by atoms with Gasteiger partial charge in [-0.25, -0.2) is 4.57 Å². The number of aromatic nitrogens is 2. The second-order valence-corrected chi connectivity index (χ2v) is 5.65. The zero-order chi connectivity index (χ0) is 12.5. The lowest BCUT2D eigenvalue weighted by Crippen LogP contribution is -2.31. The molecule has 0 unspecified atom stereocenters. The average Bonchev–Trinajstić information content (AvgIpc) is 2.86. The van der Waals surface area contributed by atoms with Crippen LogP contribution in [0.1, 0.15) is 16.0 Å². The Hall–Kier alpha value is -1.65. The average molecular weight is 259 g/mol. The summed E-state index contributed by atoms with van der Waals surface area (Å²) in [4.78, 5) is 2.15. The molecule has 3 nitrogen and oxygen atoms in total. The van der Waals surface area contributed by atoms with Crippen LogP contribution in [0.25, 0.3) is 4.83 Å². The maximum atomic E-state index is 9.08. The van der Waals surface area contributed by atoms with Crippen molar-refractivity contribution in [2.75, 3.05) is 0 Å². The predicted molar refractivity (Wildman–Crippen MR) is 71.7 cm³/mol. The van der Waals surface area contributed by atoms with Crippen molar-refractivity contribution in [3.63, 3.8) is 0 Å². The fourth-order valence-corrected chi connectivity index (χ4v) is 3.02. The molecule has 0 radical (unpaired) electrons. The minimum absolute atomic E-state index is 0.115. The summed E-state index contributed by atoms with van der Waals surface area (Å²) in [5.74, 6) is 0. The van der Waals surface area contributed by atoms with Crippen molar-refractivity contribution >= 4 is 16.2 Å². The topological polar surface area (TPSA) is 28.5 Å². The van der Waals surface area contributed by atoms with E-state index in [1.807, 2.05) is 6.20 Å². The lowest BCUT2D eigenvalue weighted by molar-refractivity contribution is -0.686. The van der Waals surface area contributed by atoms with Crippen molar-refractivity contribution in [1.29, 1.82) is 0 Å². The second-order valence-electron chi connectivity index (χ2n) is 4.51. The van der Waals surface area contributed by atoms with Crippen LogP contribution in [-0.4, -0.2) is 9.51 Å². The van der Waals surface area contributed by atoms with Crippen LogP contribution in [0, 0.1) is 6.92 Å². The van der Waals surface area contributed by atoms with Gasteiger partial charge >= 0.3 is 0 Å². The van der Waals surface area contributed by atoms with Crippen LogP contribution >= 0.6 is 11.3 Å². The summed E-state index contributed by atoms with van der Waals surface area (Å²) in [6.07, 6.45) is 6.16. The van der Waals surface area contributed by atoms with Crippen molar-refractivity contribution in [2.24, 2.45) is 0 Å². The Morgan fingerprint density at radius 3 is 3.00 bits per heavy atom. The summed E-state index contributed by atoms with van der Waals surface area (Å²) in [6, 6.07) is 8.55. The van der Waals surface area contributed by atoms with E-state index < -0.39 is 0 Å². The number of hydrogen-bond donors (Lipinski definition) is 1. The minimum Gasteiger partial charge on any atom is -0.391 e. The molecule has 1 N–H and O–H groups in total.